The van der Waals surface area contributed by atoms with Crippen molar-refractivity contribution in [1.29, 1.82) is 0 Å². The zero-order valence-corrected chi connectivity index (χ0v) is 13.3. The van der Waals surface area contributed by atoms with Crippen LogP contribution in [0.2, 0.25) is 0 Å². The van der Waals surface area contributed by atoms with E-state index in [1.165, 1.54) is 6.92 Å². The van der Waals surface area contributed by atoms with E-state index in [0.717, 1.165) is 12.8 Å². The van der Waals surface area contributed by atoms with Crippen molar-refractivity contribution in [1.82, 2.24) is 0 Å². The molecule has 6 atom stereocenters. The average molecular weight is 306 g/mol. The van der Waals surface area contributed by atoms with Gasteiger partial charge in [-0.3, -0.25) is 9.59 Å². The third kappa shape index (κ3) is 1.94. The molecule has 0 aromatic carbocycles. The van der Waals surface area contributed by atoms with E-state index in [4.69, 9.17) is 9.47 Å². The first-order chi connectivity index (χ1) is 10.3. The third-order valence-electron chi connectivity index (χ3n) is 5.89. The Morgan fingerprint density at radius 1 is 1.36 bits per heavy atom. The predicted molar refractivity (Wildman–Crippen MR) is 77.7 cm³/mol. The molecule has 1 aliphatic heterocycles. The summed E-state index contributed by atoms with van der Waals surface area (Å²) in [6.07, 6.45) is 1.05. The Morgan fingerprint density at radius 2 is 2.05 bits per heavy atom. The molecule has 0 aromatic heterocycles. The zero-order chi connectivity index (χ0) is 16.2. The molecule has 3 fully saturated rings. The van der Waals surface area contributed by atoms with E-state index in [1.807, 2.05) is 6.92 Å². The minimum atomic E-state index is -0.796. The van der Waals surface area contributed by atoms with Crippen molar-refractivity contribution in [2.75, 3.05) is 0 Å². The number of esters is 2. The summed E-state index contributed by atoms with van der Waals surface area (Å²) in [5.74, 6) is -0.697. The number of carbonyl (C=O) groups excluding carboxylic acids is 3. The molecule has 0 bridgehead atoms. The first-order valence-electron chi connectivity index (χ1n) is 7.88. The molecule has 22 heavy (non-hydrogen) atoms. The van der Waals surface area contributed by atoms with Gasteiger partial charge in [0.2, 0.25) is 0 Å². The van der Waals surface area contributed by atoms with Crippen molar-refractivity contribution in [3.8, 4) is 0 Å². The number of hydrogen-bond acceptors (Lipinski definition) is 5. The molecule has 0 amide bonds. The van der Waals surface area contributed by atoms with E-state index in [2.05, 4.69) is 13.5 Å². The van der Waals surface area contributed by atoms with Gasteiger partial charge in [-0.05, 0) is 38.0 Å². The lowest BCUT2D eigenvalue weighted by Gasteiger charge is -2.36. The zero-order valence-electron chi connectivity index (χ0n) is 13.3. The van der Waals surface area contributed by atoms with Crippen LogP contribution in [0.5, 0.6) is 0 Å². The maximum Gasteiger partial charge on any atom is 0.334 e. The Kier molecular flexibility index (Phi) is 3.42. The van der Waals surface area contributed by atoms with Crippen molar-refractivity contribution in [3.05, 3.63) is 12.2 Å². The van der Waals surface area contributed by atoms with Gasteiger partial charge in [0.15, 0.2) is 11.9 Å². The lowest BCUT2D eigenvalue weighted by molar-refractivity contribution is -0.159. The van der Waals surface area contributed by atoms with Crippen LogP contribution in [0.3, 0.4) is 0 Å². The van der Waals surface area contributed by atoms with Gasteiger partial charge in [0.05, 0.1) is 5.41 Å². The highest BCUT2D eigenvalue weighted by Gasteiger charge is 2.64. The highest BCUT2D eigenvalue weighted by Crippen LogP contribution is 2.56. The van der Waals surface area contributed by atoms with Crippen molar-refractivity contribution < 1.29 is 23.9 Å². The Labute approximate surface area is 130 Å². The Balaban J connectivity index is 2.01. The van der Waals surface area contributed by atoms with Gasteiger partial charge in [-0.1, -0.05) is 13.5 Å². The molecule has 0 radical (unpaired) electrons. The third-order valence-corrected chi connectivity index (χ3v) is 5.89. The molecule has 5 nitrogen and oxygen atoms in total. The van der Waals surface area contributed by atoms with Gasteiger partial charge in [0.1, 0.15) is 6.10 Å². The maximum atomic E-state index is 13.0. The highest BCUT2D eigenvalue weighted by atomic mass is 16.6. The number of rotatable bonds is 1. The van der Waals surface area contributed by atoms with Gasteiger partial charge >= 0.3 is 11.9 Å². The van der Waals surface area contributed by atoms with Crippen molar-refractivity contribution in [3.63, 3.8) is 0 Å². The van der Waals surface area contributed by atoms with Gasteiger partial charge in [0, 0.05) is 18.4 Å². The molecule has 0 N–H and O–H groups in total. The standard InChI is InChI=1S/C17H22O5/c1-8-5-6-11-9(2)16(20)22-15(11)17(4)12(8)7-13(14(17)19)21-10(3)18/h8,11-13,15H,2,5-7H2,1,3-4H3/t8-,11-,12-,13+,15+,17-/m0/s1. The molecule has 3 rings (SSSR count). The van der Waals surface area contributed by atoms with Gasteiger partial charge < -0.3 is 9.47 Å². The maximum absolute atomic E-state index is 13.0. The summed E-state index contributed by atoms with van der Waals surface area (Å²) in [4.78, 5) is 36.1. The summed E-state index contributed by atoms with van der Waals surface area (Å²) in [6, 6.07) is 0. The van der Waals surface area contributed by atoms with Crippen LogP contribution in [0.25, 0.3) is 0 Å². The van der Waals surface area contributed by atoms with Crippen molar-refractivity contribution in [2.24, 2.45) is 23.2 Å². The molecule has 1 heterocycles. The number of ether oxygens (including phenoxy) is 2. The van der Waals surface area contributed by atoms with Crippen LogP contribution in [-0.2, 0) is 23.9 Å². The van der Waals surface area contributed by atoms with E-state index in [1.54, 1.807) is 0 Å². The molecule has 0 aromatic rings. The molecular weight excluding hydrogens is 284 g/mol. The van der Waals surface area contributed by atoms with Crippen LogP contribution in [0, 0.1) is 23.2 Å². The van der Waals surface area contributed by atoms with E-state index in [9.17, 15) is 14.4 Å². The fraction of sp³-hybridized carbons (Fsp3) is 0.706. The lowest BCUT2D eigenvalue weighted by atomic mass is 9.68. The van der Waals surface area contributed by atoms with Crippen LogP contribution in [0.1, 0.15) is 40.0 Å². The van der Waals surface area contributed by atoms with Crippen LogP contribution in [0.4, 0.5) is 0 Å². The predicted octanol–water partition coefficient (Wildman–Crippen LogP) is 2.04. The van der Waals surface area contributed by atoms with E-state index < -0.39 is 29.6 Å². The summed E-state index contributed by atoms with van der Waals surface area (Å²) >= 11 is 0. The van der Waals surface area contributed by atoms with E-state index in [0.29, 0.717) is 17.9 Å². The summed E-state index contributed by atoms with van der Waals surface area (Å²) in [5.41, 5.74) is -0.321. The molecule has 0 unspecified atom stereocenters. The minimum absolute atomic E-state index is 0.0537. The van der Waals surface area contributed by atoms with Crippen molar-refractivity contribution in [2.45, 2.75) is 52.2 Å². The largest absolute Gasteiger partial charge is 0.457 e. The fourth-order valence-electron chi connectivity index (χ4n) is 4.71. The number of carbonyl (C=O) groups is 3. The van der Waals surface area contributed by atoms with Crippen LogP contribution < -0.4 is 0 Å². The monoisotopic (exact) mass is 306 g/mol. The summed E-state index contributed by atoms with van der Waals surface area (Å²) in [5, 5.41) is 0. The quantitative estimate of drug-likeness (QED) is 0.548. The Hall–Kier alpha value is -1.65. The average Bonchev–Trinajstić information content (AvgIpc) is 2.83. The summed E-state index contributed by atoms with van der Waals surface area (Å²) in [6.45, 7) is 9.16. The van der Waals surface area contributed by atoms with E-state index in [-0.39, 0.29) is 17.6 Å². The first kappa shape index (κ1) is 15.3. The number of ketones is 1. The molecule has 0 spiro atoms. The summed E-state index contributed by atoms with van der Waals surface area (Å²) < 4.78 is 10.8. The molecule has 2 aliphatic carbocycles. The number of fused-ring (bicyclic) bond motifs is 3. The van der Waals surface area contributed by atoms with Gasteiger partial charge in [-0.2, -0.15) is 0 Å². The molecule has 3 aliphatic rings. The van der Waals surface area contributed by atoms with E-state index >= 15 is 0 Å². The Bertz CT molecular complexity index is 565. The van der Waals surface area contributed by atoms with Gasteiger partial charge in [-0.15, -0.1) is 0 Å². The molecule has 5 heteroatoms. The second-order valence-electron chi connectivity index (χ2n) is 7.10. The minimum Gasteiger partial charge on any atom is -0.457 e. The molecular formula is C17H22O5. The van der Waals surface area contributed by atoms with Gasteiger partial charge in [-0.25, -0.2) is 4.79 Å². The second kappa shape index (κ2) is 4.93. The first-order valence-corrected chi connectivity index (χ1v) is 7.88. The molecule has 2 saturated carbocycles. The molecule has 120 valence electrons. The lowest BCUT2D eigenvalue weighted by Crippen LogP contribution is -2.46. The van der Waals surface area contributed by atoms with Gasteiger partial charge in [0.25, 0.3) is 0 Å². The smallest absolute Gasteiger partial charge is 0.334 e. The SMILES string of the molecule is C=C1C(=O)O[C@@H]2[C@H]1CC[C@H](C)[C@@H]1C[C@@H](OC(C)=O)C(=O)[C@@]21C. The second-order valence-corrected chi connectivity index (χ2v) is 7.10. The Morgan fingerprint density at radius 3 is 2.68 bits per heavy atom. The van der Waals surface area contributed by atoms with Crippen molar-refractivity contribution >= 4 is 17.7 Å². The van der Waals surface area contributed by atoms with Crippen LogP contribution >= 0.6 is 0 Å². The topological polar surface area (TPSA) is 69.7 Å². The van der Waals surface area contributed by atoms with Crippen LogP contribution in [-0.4, -0.2) is 29.9 Å². The number of Topliss-reactive ketones (excluding diaryl/α,β-unsaturated/α-hetero) is 1. The summed E-state index contributed by atoms with van der Waals surface area (Å²) in [7, 11) is 0. The van der Waals surface area contributed by atoms with Crippen LogP contribution in [0.15, 0.2) is 12.2 Å². The highest BCUT2D eigenvalue weighted by molar-refractivity contribution is 5.96. The fourth-order valence-corrected chi connectivity index (χ4v) is 4.71. The normalized spacial score (nSPS) is 44.1. The number of hydrogen-bond donors (Lipinski definition) is 0. The molecule has 1 saturated heterocycles.